The van der Waals surface area contributed by atoms with Gasteiger partial charge in [-0.25, -0.2) is 4.98 Å². The van der Waals surface area contributed by atoms with Crippen LogP contribution in [0.1, 0.15) is 21.6 Å². The van der Waals surface area contributed by atoms with Gasteiger partial charge < -0.3 is 14.5 Å². The molecule has 3 rings (SSSR count). The monoisotopic (exact) mass is 340 g/mol. The highest BCUT2D eigenvalue weighted by Crippen LogP contribution is 2.27. The highest BCUT2D eigenvalue weighted by Gasteiger charge is 2.18. The molecule has 0 saturated heterocycles. The molecular formula is C17H16N4O4. The van der Waals surface area contributed by atoms with Crippen molar-refractivity contribution in [1.82, 2.24) is 14.7 Å². The first-order chi connectivity index (χ1) is 12.0. The molecule has 0 fully saturated rings. The van der Waals surface area contributed by atoms with E-state index in [0.717, 1.165) is 11.2 Å². The third-order valence-corrected chi connectivity index (χ3v) is 3.80. The molecule has 8 heteroatoms. The zero-order valence-corrected chi connectivity index (χ0v) is 13.7. The lowest BCUT2D eigenvalue weighted by Crippen LogP contribution is -2.23. The molecule has 25 heavy (non-hydrogen) atoms. The first kappa shape index (κ1) is 16.4. The molecule has 128 valence electrons. The average molecular weight is 340 g/mol. The van der Waals surface area contributed by atoms with Crippen LogP contribution < -0.4 is 10.1 Å². The summed E-state index contributed by atoms with van der Waals surface area (Å²) >= 11 is 0. The fourth-order valence-electron chi connectivity index (χ4n) is 2.54. The number of nitro groups is 1. The number of amides is 1. The van der Waals surface area contributed by atoms with Gasteiger partial charge in [0.2, 0.25) is 0 Å². The maximum atomic E-state index is 12.3. The Morgan fingerprint density at radius 1 is 1.40 bits per heavy atom. The number of nitro benzene ring substituents is 1. The third kappa shape index (κ3) is 3.27. The summed E-state index contributed by atoms with van der Waals surface area (Å²) in [5.41, 5.74) is 2.49. The Morgan fingerprint density at radius 3 is 2.88 bits per heavy atom. The Labute approximate surface area is 143 Å². The standard InChI is InChI=1S/C17H16N4O4/c1-11-4-3-7-20-10-13(19-16(11)20)9-18-17(22)12-5-6-15(25-2)14(8-12)21(23)24/h3-8,10H,9H2,1-2H3,(H,18,22). The van der Waals surface area contributed by atoms with Crippen molar-refractivity contribution in [1.29, 1.82) is 0 Å². The van der Waals surface area contributed by atoms with Gasteiger partial charge in [0.25, 0.3) is 5.91 Å². The number of carbonyl (C=O) groups is 1. The largest absolute Gasteiger partial charge is 0.490 e. The van der Waals surface area contributed by atoms with Crippen LogP contribution in [0, 0.1) is 17.0 Å². The number of aromatic nitrogens is 2. The lowest BCUT2D eigenvalue weighted by Gasteiger charge is -2.05. The van der Waals surface area contributed by atoms with Crippen LogP contribution in [0.4, 0.5) is 5.69 Å². The van der Waals surface area contributed by atoms with Crippen LogP contribution in [0.25, 0.3) is 5.65 Å². The number of ether oxygens (including phenoxy) is 1. The summed E-state index contributed by atoms with van der Waals surface area (Å²) in [5, 5.41) is 13.8. The number of pyridine rings is 1. The molecule has 0 radical (unpaired) electrons. The van der Waals surface area contributed by atoms with Crippen LogP contribution in [-0.2, 0) is 6.54 Å². The molecule has 0 spiro atoms. The lowest BCUT2D eigenvalue weighted by molar-refractivity contribution is -0.385. The van der Waals surface area contributed by atoms with Gasteiger partial charge in [0.05, 0.1) is 24.3 Å². The van der Waals surface area contributed by atoms with Gasteiger partial charge in [-0.15, -0.1) is 0 Å². The molecule has 1 amide bonds. The number of nitrogens with one attached hydrogen (secondary N) is 1. The molecule has 0 unspecified atom stereocenters. The number of fused-ring (bicyclic) bond motifs is 1. The second kappa shape index (κ2) is 6.60. The molecule has 0 saturated carbocycles. The molecule has 1 aromatic carbocycles. The minimum atomic E-state index is -0.583. The Hall–Kier alpha value is -3.42. The minimum absolute atomic E-state index is 0.109. The zero-order valence-electron chi connectivity index (χ0n) is 13.7. The minimum Gasteiger partial charge on any atom is -0.490 e. The molecule has 0 aliphatic heterocycles. The number of aryl methyl sites for hydroxylation is 1. The van der Waals surface area contributed by atoms with Gasteiger partial charge >= 0.3 is 5.69 Å². The van der Waals surface area contributed by atoms with Crippen LogP contribution in [0.5, 0.6) is 5.75 Å². The number of methoxy groups -OCH3 is 1. The van der Waals surface area contributed by atoms with Crippen molar-refractivity contribution < 1.29 is 14.5 Å². The van der Waals surface area contributed by atoms with Crippen molar-refractivity contribution in [2.45, 2.75) is 13.5 Å². The summed E-state index contributed by atoms with van der Waals surface area (Å²) in [5.74, 6) is -0.308. The van der Waals surface area contributed by atoms with E-state index in [-0.39, 0.29) is 23.5 Å². The van der Waals surface area contributed by atoms with Crippen LogP contribution in [0.3, 0.4) is 0 Å². The number of imidazole rings is 1. The fourth-order valence-corrected chi connectivity index (χ4v) is 2.54. The highest BCUT2D eigenvalue weighted by atomic mass is 16.6. The molecule has 0 bridgehead atoms. The van der Waals surface area contributed by atoms with E-state index < -0.39 is 10.8 Å². The Morgan fingerprint density at radius 2 is 2.20 bits per heavy atom. The summed E-state index contributed by atoms with van der Waals surface area (Å²) in [6.07, 6.45) is 3.71. The second-order valence-corrected chi connectivity index (χ2v) is 5.48. The van der Waals surface area contributed by atoms with Gasteiger partial charge in [-0.1, -0.05) is 6.07 Å². The first-order valence-electron chi connectivity index (χ1n) is 7.53. The predicted octanol–water partition coefficient (Wildman–Crippen LogP) is 2.49. The van der Waals surface area contributed by atoms with E-state index in [1.54, 1.807) is 0 Å². The summed E-state index contributed by atoms with van der Waals surface area (Å²) in [4.78, 5) is 27.2. The highest BCUT2D eigenvalue weighted by molar-refractivity contribution is 5.95. The number of hydrogen-bond acceptors (Lipinski definition) is 5. The van der Waals surface area contributed by atoms with Crippen molar-refractivity contribution in [2.75, 3.05) is 7.11 Å². The summed E-state index contributed by atoms with van der Waals surface area (Å²) in [7, 11) is 1.34. The first-order valence-corrected chi connectivity index (χ1v) is 7.53. The maximum absolute atomic E-state index is 12.3. The van der Waals surface area contributed by atoms with Gasteiger partial charge in [-0.3, -0.25) is 14.9 Å². The molecule has 1 N–H and O–H groups in total. The summed E-state index contributed by atoms with van der Waals surface area (Å²) < 4.78 is 6.81. The molecule has 3 aromatic rings. The van der Waals surface area contributed by atoms with Gasteiger partial charge in [-0.05, 0) is 30.7 Å². The molecule has 0 aliphatic rings. The number of benzene rings is 1. The van der Waals surface area contributed by atoms with Crippen LogP contribution in [-0.4, -0.2) is 27.3 Å². The fraction of sp³-hybridized carbons (Fsp3) is 0.176. The van der Waals surface area contributed by atoms with Crippen LogP contribution in [0.2, 0.25) is 0 Å². The van der Waals surface area contributed by atoms with Crippen molar-refractivity contribution in [3.8, 4) is 5.75 Å². The van der Waals surface area contributed by atoms with Crippen molar-refractivity contribution in [3.63, 3.8) is 0 Å². The van der Waals surface area contributed by atoms with Crippen molar-refractivity contribution in [2.24, 2.45) is 0 Å². The van der Waals surface area contributed by atoms with Gasteiger partial charge in [-0.2, -0.15) is 0 Å². The summed E-state index contributed by atoms with van der Waals surface area (Å²) in [6.45, 7) is 2.18. The summed E-state index contributed by atoms with van der Waals surface area (Å²) in [6, 6.07) is 7.96. The van der Waals surface area contributed by atoms with E-state index in [9.17, 15) is 14.9 Å². The topological polar surface area (TPSA) is 98.8 Å². The number of hydrogen-bond donors (Lipinski definition) is 1. The number of rotatable bonds is 5. The zero-order chi connectivity index (χ0) is 18.0. The molecule has 2 aromatic heterocycles. The molecule has 0 aliphatic carbocycles. The molecule has 8 nitrogen and oxygen atoms in total. The smallest absolute Gasteiger partial charge is 0.311 e. The molecule has 2 heterocycles. The van der Waals surface area contributed by atoms with Crippen LogP contribution in [0.15, 0.2) is 42.7 Å². The number of carbonyl (C=O) groups excluding carboxylic acids is 1. The van der Waals surface area contributed by atoms with Crippen molar-refractivity contribution in [3.05, 3.63) is 69.7 Å². The van der Waals surface area contributed by atoms with E-state index in [4.69, 9.17) is 4.74 Å². The quantitative estimate of drug-likeness (QED) is 0.568. The van der Waals surface area contributed by atoms with E-state index in [1.807, 2.05) is 35.9 Å². The van der Waals surface area contributed by atoms with Crippen molar-refractivity contribution >= 4 is 17.2 Å². The second-order valence-electron chi connectivity index (χ2n) is 5.48. The van der Waals surface area contributed by atoms with E-state index in [2.05, 4.69) is 10.3 Å². The Balaban J connectivity index is 1.76. The average Bonchev–Trinajstić information content (AvgIpc) is 3.03. The number of nitrogens with zero attached hydrogens (tertiary/aromatic N) is 3. The normalized spacial score (nSPS) is 10.6. The van der Waals surface area contributed by atoms with Gasteiger partial charge in [0, 0.05) is 24.0 Å². The predicted molar refractivity (Wildman–Crippen MR) is 90.7 cm³/mol. The lowest BCUT2D eigenvalue weighted by atomic mass is 10.1. The maximum Gasteiger partial charge on any atom is 0.311 e. The van der Waals surface area contributed by atoms with E-state index in [1.165, 1.54) is 25.3 Å². The third-order valence-electron chi connectivity index (χ3n) is 3.80. The molecule has 0 atom stereocenters. The van der Waals surface area contributed by atoms with Gasteiger partial charge in [0.15, 0.2) is 5.75 Å². The Kier molecular flexibility index (Phi) is 4.34. The SMILES string of the molecule is COc1ccc(C(=O)NCc2cn3cccc(C)c3n2)cc1[N+](=O)[O-]. The van der Waals surface area contributed by atoms with Gasteiger partial charge in [0.1, 0.15) is 5.65 Å². The molecular weight excluding hydrogens is 324 g/mol. The Bertz CT molecular complexity index is 964. The van der Waals surface area contributed by atoms with E-state index in [0.29, 0.717) is 5.69 Å². The van der Waals surface area contributed by atoms with E-state index >= 15 is 0 Å². The van der Waals surface area contributed by atoms with Crippen LogP contribution >= 0.6 is 0 Å².